The molecule has 0 fully saturated rings. The third kappa shape index (κ3) is 4.07. The summed E-state index contributed by atoms with van der Waals surface area (Å²) in [5, 5.41) is 0. The van der Waals surface area contributed by atoms with Crippen molar-refractivity contribution < 1.29 is 29.1 Å². The highest BCUT2D eigenvalue weighted by Crippen LogP contribution is 2.34. The zero-order chi connectivity index (χ0) is 15.3. The van der Waals surface area contributed by atoms with Gasteiger partial charge in [-0.1, -0.05) is 24.3 Å². The van der Waals surface area contributed by atoms with E-state index in [1.54, 1.807) is 0 Å². The number of fused-ring (bicyclic) bond motifs is 1. The zero-order valence-electron chi connectivity index (χ0n) is 10.8. The average Bonchev–Trinajstić information content (AvgIpc) is 2.89. The van der Waals surface area contributed by atoms with Crippen molar-refractivity contribution in [3.8, 4) is 0 Å². The molecule has 1 aliphatic carbocycles. The summed E-state index contributed by atoms with van der Waals surface area (Å²) >= 11 is 10.6. The van der Waals surface area contributed by atoms with Crippen LogP contribution < -0.4 is 0 Å². The van der Waals surface area contributed by atoms with E-state index in [0.29, 0.717) is 0 Å². The van der Waals surface area contributed by atoms with Crippen molar-refractivity contribution in [2.45, 2.75) is 18.6 Å². The van der Waals surface area contributed by atoms with Crippen molar-refractivity contribution in [3.05, 3.63) is 35.4 Å². The van der Waals surface area contributed by atoms with Gasteiger partial charge in [0, 0.05) is 12.8 Å². The Kier molecular flexibility index (Phi) is 5.41. The number of hydrogen-bond acceptors (Lipinski definition) is 6. The first-order valence-corrected chi connectivity index (χ1v) is 7.11. The molecule has 1 aromatic carbocycles. The fourth-order valence-electron chi connectivity index (χ4n) is 1.97. The topological polar surface area (TPSA) is 71.1 Å². The Balaban J connectivity index is 2.09. The van der Waals surface area contributed by atoms with E-state index >= 15 is 0 Å². The fraction of sp³-hybridized carbons (Fsp3) is 0.385. The number of benzene rings is 1. The van der Waals surface area contributed by atoms with Gasteiger partial charge in [-0.05, 0) is 11.1 Å². The fourth-order valence-corrected chi connectivity index (χ4v) is 2.06. The molecule has 6 nitrogen and oxygen atoms in total. The van der Waals surface area contributed by atoms with Crippen LogP contribution in [0.3, 0.4) is 0 Å². The van der Waals surface area contributed by atoms with Gasteiger partial charge in [-0.15, -0.1) is 33.0 Å². The van der Waals surface area contributed by atoms with E-state index in [2.05, 4.69) is 9.78 Å². The average molecular weight is 335 g/mol. The monoisotopic (exact) mass is 334 g/mol. The maximum absolute atomic E-state index is 11.1. The highest BCUT2D eigenvalue weighted by atomic mass is 35.5. The van der Waals surface area contributed by atoms with Crippen molar-refractivity contribution in [1.82, 2.24) is 0 Å². The Morgan fingerprint density at radius 3 is 1.76 bits per heavy atom. The van der Waals surface area contributed by atoms with Crippen molar-refractivity contribution in [1.29, 1.82) is 0 Å². The summed E-state index contributed by atoms with van der Waals surface area (Å²) in [6.45, 7) is 0. The molecule has 0 unspecified atom stereocenters. The molecule has 0 saturated carbocycles. The summed E-state index contributed by atoms with van der Waals surface area (Å²) in [5.41, 5.74) is 1.86. The lowest BCUT2D eigenvalue weighted by Gasteiger charge is -2.24. The van der Waals surface area contributed by atoms with Gasteiger partial charge in [0.25, 0.3) is 5.79 Å². The molecule has 0 N–H and O–H groups in total. The van der Waals surface area contributed by atoms with E-state index in [4.69, 9.17) is 33.0 Å². The Morgan fingerprint density at radius 1 is 0.952 bits per heavy atom. The predicted octanol–water partition coefficient (Wildman–Crippen LogP) is 1.91. The van der Waals surface area contributed by atoms with Crippen molar-refractivity contribution in [3.63, 3.8) is 0 Å². The number of halogens is 2. The van der Waals surface area contributed by atoms with Gasteiger partial charge < -0.3 is 0 Å². The molecular weight excluding hydrogens is 323 g/mol. The van der Waals surface area contributed by atoms with Gasteiger partial charge in [-0.3, -0.25) is 9.78 Å². The Morgan fingerprint density at radius 2 is 1.38 bits per heavy atom. The highest BCUT2D eigenvalue weighted by Gasteiger charge is 2.44. The molecular formula is C13H12Cl2O6. The maximum Gasteiger partial charge on any atom is 0.357 e. The van der Waals surface area contributed by atoms with Gasteiger partial charge in [0.15, 0.2) is 0 Å². The second-order valence-corrected chi connectivity index (χ2v) is 4.91. The number of carbonyl (C=O) groups is 2. The largest absolute Gasteiger partial charge is 0.357 e. The van der Waals surface area contributed by atoms with Gasteiger partial charge in [0.05, 0.1) is 0 Å². The molecule has 1 aliphatic rings. The van der Waals surface area contributed by atoms with Gasteiger partial charge in [-0.2, -0.15) is 0 Å². The molecule has 0 bridgehead atoms. The minimum absolute atomic E-state index is 0.244. The number of alkyl halides is 2. The van der Waals surface area contributed by atoms with Crippen LogP contribution in [-0.2, 0) is 42.0 Å². The number of rotatable bonds is 6. The smallest absolute Gasteiger partial charge is 0.294 e. The van der Waals surface area contributed by atoms with Crippen LogP contribution in [0.1, 0.15) is 11.1 Å². The molecule has 0 heterocycles. The van der Waals surface area contributed by atoms with Crippen LogP contribution in [0.15, 0.2) is 24.3 Å². The summed E-state index contributed by atoms with van der Waals surface area (Å²) in [5.74, 6) is -3.74. The maximum atomic E-state index is 11.1. The SMILES string of the molecule is O=C(CCl)OOC1(OOC(=O)CCl)Cc2ccccc2C1. The first-order valence-electron chi connectivity index (χ1n) is 6.04. The lowest BCUT2D eigenvalue weighted by molar-refractivity contribution is -0.477. The van der Waals surface area contributed by atoms with E-state index in [9.17, 15) is 9.59 Å². The van der Waals surface area contributed by atoms with Gasteiger partial charge in [0.2, 0.25) is 0 Å². The van der Waals surface area contributed by atoms with Crippen LogP contribution in [0, 0.1) is 0 Å². The lowest BCUT2D eigenvalue weighted by Crippen LogP contribution is -2.39. The minimum atomic E-state index is -1.44. The van der Waals surface area contributed by atoms with Crippen LogP contribution in [0.2, 0.25) is 0 Å². The molecule has 0 aliphatic heterocycles. The molecule has 114 valence electrons. The van der Waals surface area contributed by atoms with Crippen LogP contribution >= 0.6 is 23.2 Å². The quantitative estimate of drug-likeness (QED) is 0.342. The van der Waals surface area contributed by atoms with E-state index in [1.807, 2.05) is 24.3 Å². The van der Waals surface area contributed by atoms with Gasteiger partial charge >= 0.3 is 11.9 Å². The number of hydrogen-bond donors (Lipinski definition) is 0. The molecule has 0 atom stereocenters. The second kappa shape index (κ2) is 7.09. The van der Waals surface area contributed by atoms with E-state index in [1.165, 1.54) is 0 Å². The third-order valence-corrected chi connectivity index (χ3v) is 3.27. The molecule has 0 spiro atoms. The van der Waals surface area contributed by atoms with Crippen LogP contribution in [0.25, 0.3) is 0 Å². The molecule has 1 aromatic rings. The summed E-state index contributed by atoms with van der Waals surface area (Å²) in [7, 11) is 0. The first-order chi connectivity index (χ1) is 10.1. The molecule has 0 amide bonds. The van der Waals surface area contributed by atoms with Crippen molar-refractivity contribution in [2.75, 3.05) is 11.8 Å². The molecule has 8 heteroatoms. The Bertz CT molecular complexity index is 486. The Labute approximate surface area is 130 Å². The summed E-state index contributed by atoms with van der Waals surface area (Å²) in [6, 6.07) is 7.45. The highest BCUT2D eigenvalue weighted by molar-refractivity contribution is 6.26. The zero-order valence-corrected chi connectivity index (χ0v) is 12.4. The van der Waals surface area contributed by atoms with E-state index in [0.717, 1.165) is 11.1 Å². The first kappa shape index (κ1) is 16.0. The van der Waals surface area contributed by atoms with Crippen molar-refractivity contribution in [2.24, 2.45) is 0 Å². The minimum Gasteiger partial charge on any atom is -0.294 e. The standard InChI is InChI=1S/C13H12Cl2O6/c14-7-11(16)18-20-13(21-19-12(17)8-15)5-9-3-1-2-4-10(9)6-13/h1-4H,5-8H2. The van der Waals surface area contributed by atoms with Crippen LogP contribution in [0.4, 0.5) is 0 Å². The third-order valence-electron chi connectivity index (χ3n) is 2.83. The molecule has 0 saturated heterocycles. The van der Waals surface area contributed by atoms with Crippen LogP contribution in [-0.4, -0.2) is 29.5 Å². The van der Waals surface area contributed by atoms with E-state index < -0.39 is 17.7 Å². The Hall–Kier alpha value is -1.34. The molecule has 21 heavy (non-hydrogen) atoms. The second-order valence-electron chi connectivity index (χ2n) is 4.38. The van der Waals surface area contributed by atoms with Crippen LogP contribution in [0.5, 0.6) is 0 Å². The predicted molar refractivity (Wildman–Crippen MR) is 72.4 cm³/mol. The lowest BCUT2D eigenvalue weighted by atomic mass is 10.1. The summed E-state index contributed by atoms with van der Waals surface area (Å²) < 4.78 is 0. The summed E-state index contributed by atoms with van der Waals surface area (Å²) in [4.78, 5) is 41.4. The number of carbonyl (C=O) groups excluding carboxylic acids is 2. The van der Waals surface area contributed by atoms with E-state index in [-0.39, 0.29) is 24.6 Å². The normalized spacial score (nSPS) is 15.3. The molecule has 0 aromatic heterocycles. The summed E-state index contributed by atoms with van der Waals surface area (Å²) in [6.07, 6.45) is 0.489. The van der Waals surface area contributed by atoms with Crippen molar-refractivity contribution >= 4 is 35.1 Å². The molecule has 0 radical (unpaired) electrons. The molecule has 2 rings (SSSR count). The van der Waals surface area contributed by atoms with Gasteiger partial charge in [0.1, 0.15) is 11.8 Å². The van der Waals surface area contributed by atoms with Gasteiger partial charge in [-0.25, -0.2) is 9.59 Å².